The number of hydrogen-bond acceptors (Lipinski definition) is 3. The molecule has 0 radical (unpaired) electrons. The second-order valence-electron chi connectivity index (χ2n) is 8.48. The highest BCUT2D eigenvalue weighted by atomic mass is 28.4. The van der Waals surface area contributed by atoms with Gasteiger partial charge < -0.3 is 9.16 Å². The molecular weight excluding hydrogens is 328 g/mol. The largest absolute Gasteiger partial charge is 0.461 e. The van der Waals surface area contributed by atoms with Crippen LogP contribution in [0.4, 0.5) is 0 Å². The first-order chi connectivity index (χ1) is 11.8. The Balaban J connectivity index is 2.32. The van der Waals surface area contributed by atoms with E-state index in [1.54, 1.807) is 0 Å². The van der Waals surface area contributed by atoms with Crippen LogP contribution in [0.3, 0.4) is 0 Å². The normalized spacial score (nSPS) is 32.1. The highest BCUT2D eigenvalue weighted by Crippen LogP contribution is 2.56. The first-order valence-electron chi connectivity index (χ1n) is 9.90. The summed E-state index contributed by atoms with van der Waals surface area (Å²) < 4.78 is 12.6. The number of rotatable bonds is 9. The molecule has 3 nitrogen and oxygen atoms in total. The van der Waals surface area contributed by atoms with Gasteiger partial charge in [-0.1, -0.05) is 46.8 Å². The Morgan fingerprint density at radius 2 is 1.88 bits per heavy atom. The molecule has 1 aliphatic carbocycles. The molecule has 1 aliphatic heterocycles. The van der Waals surface area contributed by atoms with Crippen molar-refractivity contribution in [1.82, 2.24) is 0 Å². The lowest BCUT2D eigenvalue weighted by Crippen LogP contribution is -2.43. The second kappa shape index (κ2) is 7.79. The number of allylic oxidation sites excluding steroid dienone is 1. The summed E-state index contributed by atoms with van der Waals surface area (Å²) in [4.78, 5) is 12.4. The lowest BCUT2D eigenvalue weighted by Gasteiger charge is -2.36. The maximum Gasteiger partial charge on any atom is 0.309 e. The average Bonchev–Trinajstić information content (AvgIpc) is 3.05. The summed E-state index contributed by atoms with van der Waals surface area (Å²) in [6, 6.07) is 3.38. The monoisotopic (exact) mass is 364 g/mol. The van der Waals surface area contributed by atoms with Crippen molar-refractivity contribution < 1.29 is 14.0 Å². The molecule has 5 atom stereocenters. The molecule has 2 fully saturated rings. The van der Waals surface area contributed by atoms with Gasteiger partial charge in [0, 0.05) is 11.3 Å². The van der Waals surface area contributed by atoms with Crippen molar-refractivity contribution in [3.8, 4) is 0 Å². The number of fused-ring (bicyclic) bond motifs is 1. The lowest BCUT2D eigenvalue weighted by atomic mass is 9.80. The Bertz CT molecular complexity index is 501. The van der Waals surface area contributed by atoms with E-state index in [0.29, 0.717) is 12.3 Å². The topological polar surface area (TPSA) is 35.5 Å². The predicted molar refractivity (Wildman–Crippen MR) is 106 cm³/mol. The third kappa shape index (κ3) is 3.66. The minimum absolute atomic E-state index is 0.0121. The smallest absolute Gasteiger partial charge is 0.309 e. The van der Waals surface area contributed by atoms with E-state index in [1.807, 2.05) is 12.2 Å². The number of carbonyl (C=O) groups excluding carboxylic acids is 1. The van der Waals surface area contributed by atoms with Crippen molar-refractivity contribution >= 4 is 14.3 Å². The molecular formula is C21H36O3Si. The van der Waals surface area contributed by atoms with Gasteiger partial charge in [0.2, 0.25) is 0 Å². The van der Waals surface area contributed by atoms with Crippen molar-refractivity contribution in [2.24, 2.45) is 23.2 Å². The van der Waals surface area contributed by atoms with Gasteiger partial charge in [0.05, 0.1) is 12.0 Å². The highest BCUT2D eigenvalue weighted by molar-refractivity contribution is 6.73. The van der Waals surface area contributed by atoms with Crippen molar-refractivity contribution in [2.75, 3.05) is 0 Å². The summed E-state index contributed by atoms with van der Waals surface area (Å²) in [5.41, 5.74) is -0.0135. The van der Waals surface area contributed by atoms with Gasteiger partial charge in [-0.15, -0.1) is 13.2 Å². The van der Waals surface area contributed by atoms with Crippen LogP contribution in [0.5, 0.6) is 0 Å². The average molecular weight is 365 g/mol. The molecule has 0 unspecified atom stereocenters. The van der Waals surface area contributed by atoms with Gasteiger partial charge in [0.15, 0.2) is 8.32 Å². The molecule has 2 aliphatic rings. The first-order valence-corrected chi connectivity index (χ1v) is 12.4. The van der Waals surface area contributed by atoms with Gasteiger partial charge in [-0.25, -0.2) is 0 Å². The van der Waals surface area contributed by atoms with Crippen LogP contribution in [0.15, 0.2) is 25.3 Å². The maximum absolute atomic E-state index is 12.4. The Hall–Kier alpha value is -0.873. The molecule has 0 aromatic heterocycles. The van der Waals surface area contributed by atoms with E-state index < -0.39 is 8.32 Å². The fourth-order valence-electron chi connectivity index (χ4n) is 5.09. The molecule has 0 N–H and O–H groups in total. The van der Waals surface area contributed by atoms with Gasteiger partial charge in [-0.3, -0.25) is 4.79 Å². The summed E-state index contributed by atoms with van der Waals surface area (Å²) in [6.45, 7) is 19.1. The third-order valence-electron chi connectivity index (χ3n) is 6.78. The fourth-order valence-corrected chi connectivity index (χ4v) is 7.94. The molecule has 1 heterocycles. The molecule has 4 heteroatoms. The molecule has 2 rings (SSSR count). The van der Waals surface area contributed by atoms with E-state index in [-0.39, 0.29) is 35.4 Å². The van der Waals surface area contributed by atoms with E-state index in [1.165, 1.54) is 0 Å². The van der Waals surface area contributed by atoms with Crippen LogP contribution in [-0.4, -0.2) is 26.5 Å². The predicted octanol–water partition coefficient (Wildman–Crippen LogP) is 5.34. The van der Waals surface area contributed by atoms with Crippen LogP contribution >= 0.6 is 0 Å². The molecule has 25 heavy (non-hydrogen) atoms. The number of carbonyl (C=O) groups is 1. The van der Waals surface area contributed by atoms with E-state index in [4.69, 9.17) is 9.16 Å². The van der Waals surface area contributed by atoms with Gasteiger partial charge in [0.1, 0.15) is 6.10 Å². The fraction of sp³-hybridized carbons (Fsp3) is 0.762. The molecule has 0 spiro atoms. The minimum Gasteiger partial charge on any atom is -0.461 e. The summed E-state index contributed by atoms with van der Waals surface area (Å²) in [6.07, 6.45) is 5.55. The van der Waals surface area contributed by atoms with Crippen molar-refractivity contribution in [3.63, 3.8) is 0 Å². The molecule has 1 saturated heterocycles. The van der Waals surface area contributed by atoms with Gasteiger partial charge in [0.25, 0.3) is 0 Å². The SMILES string of the molecule is C=CC[C@@H]1C(=O)O[C@@H]2[C@H]1[C@H]([C@H](C=C)O[Si](CC)(CC)CC)CC2(C)C. The van der Waals surface area contributed by atoms with E-state index >= 15 is 0 Å². The number of esters is 1. The Labute approximate surface area is 155 Å². The summed E-state index contributed by atoms with van der Waals surface area (Å²) in [7, 11) is -1.73. The zero-order chi connectivity index (χ0) is 18.8. The Morgan fingerprint density at radius 3 is 2.36 bits per heavy atom. The van der Waals surface area contributed by atoms with Crippen LogP contribution < -0.4 is 0 Å². The zero-order valence-corrected chi connectivity index (χ0v) is 17.7. The Kier molecular flexibility index (Phi) is 6.37. The minimum atomic E-state index is -1.73. The van der Waals surface area contributed by atoms with Gasteiger partial charge >= 0.3 is 5.97 Å². The maximum atomic E-state index is 12.4. The summed E-state index contributed by atoms with van der Waals surface area (Å²) >= 11 is 0. The van der Waals surface area contributed by atoms with Gasteiger partial charge in [-0.05, 0) is 36.9 Å². The molecule has 0 bridgehead atoms. The lowest BCUT2D eigenvalue weighted by molar-refractivity contribution is -0.147. The molecule has 0 amide bonds. The van der Waals surface area contributed by atoms with Crippen LogP contribution in [0.2, 0.25) is 18.1 Å². The standard InChI is InChI=1S/C21H36O3Si/c1-8-13-15-18-16(14-21(6,7)19(18)23-20(15)22)17(9-2)24-25(10-3,11-4)12-5/h8-9,15-19H,1-2,10-14H2,3-7H3/t15-,16-,17-,18+,19+/m0/s1. The number of hydrogen-bond donors (Lipinski definition) is 0. The first kappa shape index (κ1) is 20.4. The summed E-state index contributed by atoms with van der Waals surface area (Å²) in [5.74, 6) is 0.368. The van der Waals surface area contributed by atoms with E-state index in [0.717, 1.165) is 24.6 Å². The molecule has 142 valence electrons. The van der Waals surface area contributed by atoms with E-state index in [9.17, 15) is 4.79 Å². The van der Waals surface area contributed by atoms with Crippen LogP contribution in [0.25, 0.3) is 0 Å². The highest BCUT2D eigenvalue weighted by Gasteiger charge is 2.60. The van der Waals surface area contributed by atoms with Crippen LogP contribution in [0, 0.1) is 23.2 Å². The second-order valence-corrected chi connectivity index (χ2v) is 13.2. The van der Waals surface area contributed by atoms with E-state index in [2.05, 4.69) is 47.8 Å². The van der Waals surface area contributed by atoms with Crippen molar-refractivity contribution in [1.29, 1.82) is 0 Å². The third-order valence-corrected chi connectivity index (χ3v) is 11.4. The molecule has 0 aromatic carbocycles. The van der Waals surface area contributed by atoms with Gasteiger partial charge in [-0.2, -0.15) is 0 Å². The Morgan fingerprint density at radius 1 is 1.28 bits per heavy atom. The zero-order valence-electron chi connectivity index (χ0n) is 16.7. The molecule has 0 aromatic rings. The van der Waals surface area contributed by atoms with Crippen LogP contribution in [0.1, 0.15) is 47.5 Å². The molecule has 1 saturated carbocycles. The number of ether oxygens (including phenoxy) is 1. The quantitative estimate of drug-likeness (QED) is 0.314. The summed E-state index contributed by atoms with van der Waals surface area (Å²) in [5, 5.41) is 0. The van der Waals surface area contributed by atoms with Crippen molar-refractivity contribution in [3.05, 3.63) is 25.3 Å². The van der Waals surface area contributed by atoms with Crippen LogP contribution in [-0.2, 0) is 14.0 Å². The van der Waals surface area contributed by atoms with Crippen molar-refractivity contribution in [2.45, 2.75) is 77.8 Å².